The number of rotatable bonds is 5. The van der Waals surface area contributed by atoms with Crippen LogP contribution in [0.25, 0.3) is 5.52 Å². The largest absolute Gasteiger partial charge is 0.478 e. The maximum absolute atomic E-state index is 12.6. The zero-order valence-electron chi connectivity index (χ0n) is 20.1. The van der Waals surface area contributed by atoms with Crippen LogP contribution in [0.4, 0.5) is 10.5 Å². The Balaban J connectivity index is 1.98. The van der Waals surface area contributed by atoms with Crippen LogP contribution in [0.3, 0.4) is 0 Å². The molecule has 2 amide bonds. The number of carbonyl (C=O) groups excluding carboxylic acids is 2. The van der Waals surface area contributed by atoms with Gasteiger partial charge in [0.05, 0.1) is 28.0 Å². The summed E-state index contributed by atoms with van der Waals surface area (Å²) in [6.45, 7) is 12.3. The first kappa shape index (κ1) is 24.3. The van der Waals surface area contributed by atoms with E-state index in [-0.39, 0.29) is 28.7 Å². The Bertz CT molecular complexity index is 1100. The van der Waals surface area contributed by atoms with Gasteiger partial charge in [-0.3, -0.25) is 4.79 Å². The predicted octanol–water partition coefficient (Wildman–Crippen LogP) is 3.14. The summed E-state index contributed by atoms with van der Waals surface area (Å²) >= 11 is 0. The average Bonchev–Trinajstić information content (AvgIpc) is 3.11. The fourth-order valence-corrected chi connectivity index (χ4v) is 4.23. The van der Waals surface area contributed by atoms with Crippen LogP contribution in [0, 0.1) is 5.41 Å². The quantitative estimate of drug-likeness (QED) is 0.624. The van der Waals surface area contributed by atoms with Gasteiger partial charge in [-0.25, -0.2) is 14.1 Å². The van der Waals surface area contributed by atoms with Gasteiger partial charge >= 0.3 is 12.1 Å². The molecule has 180 valence electrons. The molecule has 2 aromatic heterocycles. The van der Waals surface area contributed by atoms with Crippen molar-refractivity contribution in [3.05, 3.63) is 29.1 Å². The van der Waals surface area contributed by atoms with Gasteiger partial charge in [-0.15, -0.1) is 0 Å². The fraction of sp³-hybridized carbons (Fsp3) is 0.565. The number of fused-ring (bicyclic) bond motifs is 1. The van der Waals surface area contributed by atoms with Gasteiger partial charge in [-0.05, 0) is 39.7 Å². The molecule has 33 heavy (non-hydrogen) atoms. The van der Waals surface area contributed by atoms with Crippen LogP contribution >= 0.6 is 0 Å². The van der Waals surface area contributed by atoms with Gasteiger partial charge in [0.1, 0.15) is 5.60 Å². The normalized spacial score (nSPS) is 18.2. The van der Waals surface area contributed by atoms with Crippen molar-refractivity contribution in [2.24, 2.45) is 11.1 Å². The second-order valence-corrected chi connectivity index (χ2v) is 10.2. The second kappa shape index (κ2) is 8.57. The molecular weight excluding hydrogens is 426 g/mol. The lowest BCUT2D eigenvalue weighted by molar-refractivity contribution is 0.00690. The molecule has 1 saturated heterocycles. The fourth-order valence-electron chi connectivity index (χ4n) is 4.23. The number of piperidine rings is 1. The molecule has 1 fully saturated rings. The molecule has 0 aliphatic carbocycles. The number of carboxylic acids is 1. The van der Waals surface area contributed by atoms with E-state index in [1.54, 1.807) is 4.90 Å². The van der Waals surface area contributed by atoms with Crippen molar-refractivity contribution in [1.29, 1.82) is 0 Å². The third-order valence-corrected chi connectivity index (χ3v) is 5.85. The number of hydrogen-bond acceptors (Lipinski definition) is 6. The van der Waals surface area contributed by atoms with Crippen LogP contribution < -0.4 is 11.1 Å². The molecule has 10 heteroatoms. The summed E-state index contributed by atoms with van der Waals surface area (Å²) < 4.78 is 7.00. The van der Waals surface area contributed by atoms with Gasteiger partial charge in [0.15, 0.2) is 0 Å². The van der Waals surface area contributed by atoms with E-state index in [4.69, 9.17) is 10.5 Å². The van der Waals surface area contributed by atoms with Crippen LogP contribution in [0.2, 0.25) is 0 Å². The van der Waals surface area contributed by atoms with Crippen molar-refractivity contribution in [2.75, 3.05) is 18.4 Å². The first-order valence-corrected chi connectivity index (χ1v) is 11.1. The van der Waals surface area contributed by atoms with Crippen molar-refractivity contribution in [3.63, 3.8) is 0 Å². The number of likely N-dealkylation sites (tertiary alicyclic amines) is 1. The standard InChI is InChI=1S/C23H33N5O5/c1-7-14-17(19(24)29)18(15-10-13(20(30)31)11-28(15)26-14)25-16-8-9-27(12-23(16,5)6)21(32)33-22(2,3)4/h10-11,16,25H,7-9,12H2,1-6H3,(H2,24,29)(H,30,31). The Hall–Kier alpha value is -3.30. The minimum Gasteiger partial charge on any atom is -0.478 e. The number of carboxylic acid groups (broad SMARTS) is 1. The molecule has 0 bridgehead atoms. The van der Waals surface area contributed by atoms with Crippen molar-refractivity contribution < 1.29 is 24.2 Å². The molecule has 1 aliphatic rings. The number of amides is 2. The number of nitrogens with two attached hydrogens (primary N) is 1. The van der Waals surface area contributed by atoms with Crippen molar-refractivity contribution in [2.45, 2.75) is 66.0 Å². The van der Waals surface area contributed by atoms with Gasteiger partial charge in [0.2, 0.25) is 0 Å². The number of nitrogens with one attached hydrogen (secondary N) is 1. The highest BCUT2D eigenvalue weighted by Crippen LogP contribution is 2.35. The van der Waals surface area contributed by atoms with Crippen LogP contribution in [0.15, 0.2) is 12.3 Å². The van der Waals surface area contributed by atoms with Crippen LogP contribution in [0.5, 0.6) is 0 Å². The minimum absolute atomic E-state index is 0.0632. The number of nitrogens with zero attached hydrogens (tertiary/aromatic N) is 3. The molecule has 0 saturated carbocycles. The van der Waals surface area contributed by atoms with Crippen LogP contribution in [0.1, 0.15) is 74.4 Å². The zero-order chi connectivity index (χ0) is 24.7. The molecule has 1 aliphatic heterocycles. The molecular formula is C23H33N5O5. The van der Waals surface area contributed by atoms with Crippen LogP contribution in [-0.4, -0.2) is 62.3 Å². The minimum atomic E-state index is -1.09. The predicted molar refractivity (Wildman–Crippen MR) is 124 cm³/mol. The third-order valence-electron chi connectivity index (χ3n) is 5.85. The average molecular weight is 460 g/mol. The number of aryl methyl sites for hydroxylation is 1. The summed E-state index contributed by atoms with van der Waals surface area (Å²) in [5.41, 5.74) is 6.50. The molecule has 1 atom stereocenters. The number of carbonyl (C=O) groups is 3. The third kappa shape index (κ3) is 5.04. The number of primary amides is 1. The Morgan fingerprint density at radius 3 is 2.52 bits per heavy atom. The maximum Gasteiger partial charge on any atom is 0.410 e. The van der Waals surface area contributed by atoms with Gasteiger partial charge in [-0.1, -0.05) is 20.8 Å². The summed E-state index contributed by atoms with van der Waals surface area (Å²) in [7, 11) is 0. The molecule has 3 rings (SSSR count). The molecule has 4 N–H and O–H groups in total. The van der Waals surface area contributed by atoms with Gasteiger partial charge in [0.25, 0.3) is 5.91 Å². The van der Waals surface area contributed by atoms with Crippen LogP contribution in [-0.2, 0) is 11.2 Å². The highest BCUT2D eigenvalue weighted by atomic mass is 16.6. The summed E-state index contributed by atoms with van der Waals surface area (Å²) in [6, 6.07) is 1.36. The first-order chi connectivity index (χ1) is 15.2. The summed E-state index contributed by atoms with van der Waals surface area (Å²) in [4.78, 5) is 38.2. The van der Waals surface area contributed by atoms with Gasteiger partial charge in [0, 0.05) is 30.7 Å². The van der Waals surface area contributed by atoms with Crippen molar-refractivity contribution in [1.82, 2.24) is 14.5 Å². The molecule has 1 unspecified atom stereocenters. The Morgan fingerprint density at radius 2 is 2.00 bits per heavy atom. The molecule has 2 aromatic rings. The number of hydrogen-bond donors (Lipinski definition) is 3. The zero-order valence-corrected chi connectivity index (χ0v) is 20.1. The summed E-state index contributed by atoms with van der Waals surface area (Å²) in [5.74, 6) is -1.72. The lowest BCUT2D eigenvalue weighted by atomic mass is 9.79. The SMILES string of the molecule is CCc1nn2cc(C(=O)O)cc2c(NC2CCN(C(=O)OC(C)(C)C)CC2(C)C)c1C(N)=O. The lowest BCUT2D eigenvalue weighted by Gasteiger charge is -2.45. The second-order valence-electron chi connectivity index (χ2n) is 10.2. The van der Waals surface area contributed by atoms with Gasteiger partial charge < -0.3 is 25.8 Å². The smallest absolute Gasteiger partial charge is 0.410 e. The number of anilines is 1. The highest BCUT2D eigenvalue weighted by Gasteiger charge is 2.40. The van der Waals surface area contributed by atoms with E-state index in [0.29, 0.717) is 42.8 Å². The monoisotopic (exact) mass is 459 g/mol. The van der Waals surface area contributed by atoms with Crippen molar-refractivity contribution >= 4 is 29.2 Å². The highest BCUT2D eigenvalue weighted by molar-refractivity contribution is 6.04. The van der Waals surface area contributed by atoms with E-state index < -0.39 is 17.5 Å². The molecule has 0 aromatic carbocycles. The van der Waals surface area contributed by atoms with E-state index >= 15 is 0 Å². The number of aromatic carboxylic acids is 1. The van der Waals surface area contributed by atoms with E-state index in [2.05, 4.69) is 10.4 Å². The Kier molecular flexibility index (Phi) is 6.32. The maximum atomic E-state index is 12.6. The number of aromatic nitrogens is 2. The molecule has 10 nitrogen and oxygen atoms in total. The van der Waals surface area contributed by atoms with Gasteiger partial charge in [-0.2, -0.15) is 5.10 Å². The molecule has 0 radical (unpaired) electrons. The first-order valence-electron chi connectivity index (χ1n) is 11.1. The lowest BCUT2D eigenvalue weighted by Crippen LogP contribution is -2.54. The van der Waals surface area contributed by atoms with E-state index in [1.165, 1.54) is 16.8 Å². The van der Waals surface area contributed by atoms with E-state index in [9.17, 15) is 19.5 Å². The van der Waals surface area contributed by atoms with E-state index in [0.717, 1.165) is 0 Å². The Labute approximate surface area is 193 Å². The molecule has 0 spiro atoms. The summed E-state index contributed by atoms with van der Waals surface area (Å²) in [6.07, 6.45) is 2.11. The molecule has 3 heterocycles. The van der Waals surface area contributed by atoms with Crippen molar-refractivity contribution in [3.8, 4) is 0 Å². The summed E-state index contributed by atoms with van der Waals surface area (Å²) in [5, 5.41) is 17.3. The number of ether oxygens (including phenoxy) is 1. The Morgan fingerprint density at radius 1 is 1.33 bits per heavy atom. The van der Waals surface area contributed by atoms with E-state index in [1.807, 2.05) is 41.5 Å². The topological polar surface area (TPSA) is 139 Å².